The summed E-state index contributed by atoms with van der Waals surface area (Å²) in [4.78, 5) is 0. The molecule has 20 heavy (non-hydrogen) atoms. The molecule has 0 heterocycles. The summed E-state index contributed by atoms with van der Waals surface area (Å²) >= 11 is 5.84. The Kier molecular flexibility index (Phi) is 4.82. The van der Waals surface area contributed by atoms with Gasteiger partial charge in [-0.05, 0) is 47.1 Å². The number of benzene rings is 2. The van der Waals surface area contributed by atoms with Gasteiger partial charge in [0, 0.05) is 0 Å². The molecule has 0 spiro atoms. The molecule has 0 bridgehead atoms. The van der Waals surface area contributed by atoms with Gasteiger partial charge >= 0.3 is 0 Å². The average molecular weight is 291 g/mol. The molecule has 1 atom stereocenters. The van der Waals surface area contributed by atoms with Crippen molar-refractivity contribution >= 4 is 11.6 Å². The van der Waals surface area contributed by atoms with Crippen LogP contribution in [0.4, 0.5) is 4.39 Å². The molecule has 2 heteroatoms. The molecule has 1 unspecified atom stereocenters. The minimum absolute atomic E-state index is 0.199. The van der Waals surface area contributed by atoms with Crippen LogP contribution < -0.4 is 0 Å². The second kappa shape index (κ2) is 6.41. The molecule has 106 valence electrons. The lowest BCUT2D eigenvalue weighted by atomic mass is 9.92. The molecule has 0 saturated heterocycles. The zero-order chi connectivity index (χ0) is 14.7. The van der Waals surface area contributed by atoms with Crippen molar-refractivity contribution in [2.45, 2.75) is 39.0 Å². The molecule has 0 fully saturated rings. The lowest BCUT2D eigenvalue weighted by molar-refractivity contribution is 0.626. The van der Waals surface area contributed by atoms with E-state index in [-0.39, 0.29) is 10.8 Å². The fraction of sp³-hybridized carbons (Fsp3) is 0.333. The van der Waals surface area contributed by atoms with Crippen molar-refractivity contribution in [3.8, 4) is 0 Å². The molecule has 0 saturated carbocycles. The van der Waals surface area contributed by atoms with E-state index >= 15 is 0 Å². The van der Waals surface area contributed by atoms with Gasteiger partial charge in [-0.25, -0.2) is 4.39 Å². The minimum atomic E-state index is -0.357. The lowest BCUT2D eigenvalue weighted by Gasteiger charge is -2.13. The lowest BCUT2D eigenvalue weighted by Crippen LogP contribution is -1.99. The second-order valence-electron chi connectivity index (χ2n) is 5.68. The predicted molar refractivity (Wildman–Crippen MR) is 84.1 cm³/mol. The van der Waals surface area contributed by atoms with Crippen LogP contribution in [0.25, 0.3) is 0 Å². The third kappa shape index (κ3) is 3.61. The van der Waals surface area contributed by atoms with E-state index in [4.69, 9.17) is 11.6 Å². The molecule has 2 aromatic carbocycles. The van der Waals surface area contributed by atoms with Crippen LogP contribution in [0.5, 0.6) is 0 Å². The Bertz CT molecular complexity index is 572. The molecule has 2 rings (SSSR count). The Balaban J connectivity index is 2.10. The maximum Gasteiger partial charge on any atom is 0.141 e. The molecule has 0 aliphatic heterocycles. The summed E-state index contributed by atoms with van der Waals surface area (Å²) in [5.41, 5.74) is 3.72. The molecule has 0 aliphatic rings. The first-order valence-electron chi connectivity index (χ1n) is 7.01. The third-order valence-electron chi connectivity index (χ3n) is 3.70. The first-order chi connectivity index (χ1) is 9.47. The number of rotatable bonds is 4. The van der Waals surface area contributed by atoms with E-state index < -0.39 is 0 Å². The van der Waals surface area contributed by atoms with Crippen molar-refractivity contribution in [1.82, 2.24) is 0 Å². The van der Waals surface area contributed by atoms with Gasteiger partial charge in [-0.2, -0.15) is 0 Å². The van der Waals surface area contributed by atoms with Gasteiger partial charge in [-0.1, -0.05) is 62.7 Å². The van der Waals surface area contributed by atoms with Crippen LogP contribution in [-0.2, 0) is 6.42 Å². The van der Waals surface area contributed by atoms with Gasteiger partial charge in [-0.15, -0.1) is 0 Å². The summed E-state index contributed by atoms with van der Waals surface area (Å²) in [6.07, 6.45) is 0.931. The van der Waals surface area contributed by atoms with Crippen molar-refractivity contribution in [2.75, 3.05) is 0 Å². The molecule has 0 amide bonds. The Morgan fingerprint density at radius 3 is 2.10 bits per heavy atom. The summed E-state index contributed by atoms with van der Waals surface area (Å²) in [6, 6.07) is 13.7. The van der Waals surface area contributed by atoms with E-state index in [1.54, 1.807) is 6.07 Å². The van der Waals surface area contributed by atoms with E-state index in [0.29, 0.717) is 11.8 Å². The van der Waals surface area contributed by atoms with Gasteiger partial charge in [0.05, 0.1) is 5.02 Å². The average Bonchev–Trinajstić information content (AvgIpc) is 2.42. The van der Waals surface area contributed by atoms with Gasteiger partial charge in [0.1, 0.15) is 5.82 Å². The Labute approximate surface area is 125 Å². The largest absolute Gasteiger partial charge is 0.205 e. The van der Waals surface area contributed by atoms with Crippen molar-refractivity contribution < 1.29 is 4.39 Å². The summed E-state index contributed by atoms with van der Waals surface area (Å²) in [6.45, 7) is 6.52. The summed E-state index contributed by atoms with van der Waals surface area (Å²) in [5, 5.41) is 0.199. The summed E-state index contributed by atoms with van der Waals surface area (Å²) < 4.78 is 13.2. The van der Waals surface area contributed by atoms with E-state index in [2.05, 4.69) is 45.0 Å². The van der Waals surface area contributed by atoms with Gasteiger partial charge in [-0.3, -0.25) is 0 Å². The van der Waals surface area contributed by atoms with Crippen LogP contribution >= 0.6 is 11.6 Å². The zero-order valence-corrected chi connectivity index (χ0v) is 12.9. The normalized spacial score (nSPS) is 12.7. The van der Waals surface area contributed by atoms with Crippen LogP contribution in [0.1, 0.15) is 49.3 Å². The third-order valence-corrected chi connectivity index (χ3v) is 3.99. The number of halogens is 2. The van der Waals surface area contributed by atoms with Gasteiger partial charge < -0.3 is 0 Å². The van der Waals surface area contributed by atoms with E-state index in [9.17, 15) is 4.39 Å². The quantitative estimate of drug-likeness (QED) is 0.653. The molecular formula is C18H20ClF. The maximum atomic E-state index is 13.2. The van der Waals surface area contributed by atoms with Crippen LogP contribution in [-0.4, -0.2) is 0 Å². The number of hydrogen-bond donors (Lipinski definition) is 0. The monoisotopic (exact) mass is 290 g/mol. The standard InChI is InChI=1S/C18H20ClF/c1-12(2)15-6-4-14(5-7-15)10-13(3)16-8-9-18(20)17(19)11-16/h4-9,11-13H,10H2,1-3H3. The molecule has 0 N–H and O–H groups in total. The molecule has 0 nitrogen and oxygen atoms in total. The minimum Gasteiger partial charge on any atom is -0.205 e. The first-order valence-corrected chi connectivity index (χ1v) is 7.39. The molecule has 0 aromatic heterocycles. The van der Waals surface area contributed by atoms with Crippen LogP contribution in [0, 0.1) is 5.82 Å². The summed E-state index contributed by atoms with van der Waals surface area (Å²) in [5.74, 6) is 0.513. The van der Waals surface area contributed by atoms with Crippen LogP contribution in [0.2, 0.25) is 5.02 Å². The van der Waals surface area contributed by atoms with Crippen molar-refractivity contribution in [3.05, 3.63) is 70.0 Å². The summed E-state index contributed by atoms with van der Waals surface area (Å²) in [7, 11) is 0. The SMILES string of the molecule is CC(C)c1ccc(CC(C)c2ccc(F)c(Cl)c2)cc1. The van der Waals surface area contributed by atoms with E-state index in [1.807, 2.05) is 6.07 Å². The Morgan fingerprint density at radius 1 is 0.950 bits per heavy atom. The fourth-order valence-corrected chi connectivity index (χ4v) is 2.52. The maximum absolute atomic E-state index is 13.2. The van der Waals surface area contributed by atoms with Crippen molar-refractivity contribution in [3.63, 3.8) is 0 Å². The van der Waals surface area contributed by atoms with Gasteiger partial charge in [0.15, 0.2) is 0 Å². The highest BCUT2D eigenvalue weighted by Crippen LogP contribution is 2.25. The molecule has 0 aliphatic carbocycles. The van der Waals surface area contributed by atoms with E-state index in [1.165, 1.54) is 17.2 Å². The highest BCUT2D eigenvalue weighted by Gasteiger charge is 2.09. The van der Waals surface area contributed by atoms with Gasteiger partial charge in [0.25, 0.3) is 0 Å². The number of hydrogen-bond acceptors (Lipinski definition) is 0. The fourth-order valence-electron chi connectivity index (χ4n) is 2.33. The molecular weight excluding hydrogens is 271 g/mol. The van der Waals surface area contributed by atoms with Crippen LogP contribution in [0.3, 0.4) is 0 Å². The van der Waals surface area contributed by atoms with Crippen molar-refractivity contribution in [2.24, 2.45) is 0 Å². The Hall–Kier alpha value is -1.34. The predicted octanol–water partition coefficient (Wildman–Crippen LogP) is 5.95. The van der Waals surface area contributed by atoms with Gasteiger partial charge in [0.2, 0.25) is 0 Å². The topological polar surface area (TPSA) is 0 Å². The second-order valence-corrected chi connectivity index (χ2v) is 6.08. The van der Waals surface area contributed by atoms with Crippen molar-refractivity contribution in [1.29, 1.82) is 0 Å². The highest BCUT2D eigenvalue weighted by atomic mass is 35.5. The highest BCUT2D eigenvalue weighted by molar-refractivity contribution is 6.30. The zero-order valence-electron chi connectivity index (χ0n) is 12.2. The smallest absolute Gasteiger partial charge is 0.141 e. The van der Waals surface area contributed by atoms with E-state index in [0.717, 1.165) is 12.0 Å². The Morgan fingerprint density at radius 2 is 1.55 bits per heavy atom. The van der Waals surface area contributed by atoms with Crippen LogP contribution in [0.15, 0.2) is 42.5 Å². The molecule has 0 radical (unpaired) electrons. The first kappa shape index (κ1) is 15.1. The molecule has 2 aromatic rings.